The molecule has 0 spiro atoms. The average molecular weight is 788 g/mol. The third-order valence-corrected chi connectivity index (χ3v) is 14.3. The first-order chi connectivity index (χ1) is 30.0. The van der Waals surface area contributed by atoms with Crippen LogP contribution in [-0.2, 0) is 5.41 Å². The summed E-state index contributed by atoms with van der Waals surface area (Å²) in [4.78, 5) is 2.51. The van der Waals surface area contributed by atoms with Crippen molar-refractivity contribution < 1.29 is 0 Å². The van der Waals surface area contributed by atoms with E-state index in [4.69, 9.17) is 0 Å². The van der Waals surface area contributed by atoms with Crippen LogP contribution in [0.5, 0.6) is 0 Å². The van der Waals surface area contributed by atoms with Gasteiger partial charge < -0.3 is 4.90 Å². The van der Waals surface area contributed by atoms with Crippen molar-refractivity contribution in [2.75, 3.05) is 4.90 Å². The number of rotatable bonds is 7. The van der Waals surface area contributed by atoms with Crippen molar-refractivity contribution in [1.29, 1.82) is 0 Å². The van der Waals surface area contributed by atoms with Gasteiger partial charge in [0.1, 0.15) is 0 Å². The minimum Gasteiger partial charge on any atom is -0.310 e. The van der Waals surface area contributed by atoms with E-state index < -0.39 is 0 Å². The predicted octanol–water partition coefficient (Wildman–Crippen LogP) is 17.2. The van der Waals surface area contributed by atoms with Gasteiger partial charge in [-0.25, -0.2) is 0 Å². The van der Waals surface area contributed by atoms with E-state index in [2.05, 4.69) is 208 Å². The molecule has 0 saturated heterocycles. The van der Waals surface area contributed by atoms with Crippen molar-refractivity contribution in [3.8, 4) is 33.4 Å². The lowest BCUT2D eigenvalue weighted by Gasteiger charge is -2.30. The summed E-state index contributed by atoms with van der Waals surface area (Å²) in [7, 11) is 0. The quantitative estimate of drug-likeness (QED) is 0.155. The summed E-state index contributed by atoms with van der Waals surface area (Å²) in [6.45, 7) is 7.25. The smallest absolute Gasteiger partial charge is 0.0540 e. The van der Waals surface area contributed by atoms with Crippen molar-refractivity contribution in [1.82, 2.24) is 0 Å². The van der Waals surface area contributed by atoms with Crippen LogP contribution >= 0.6 is 0 Å². The number of allylic oxidation sites excluding steroid dienone is 4. The number of fused-ring (bicyclic) bond motifs is 4. The molecule has 3 aliphatic rings. The maximum atomic E-state index is 2.51. The monoisotopic (exact) mass is 787 g/mol. The molecule has 1 atom stereocenters. The Hall–Kier alpha value is -6.44. The zero-order chi connectivity index (χ0) is 41.1. The zero-order valence-corrected chi connectivity index (χ0v) is 35.7. The van der Waals surface area contributed by atoms with Gasteiger partial charge in [0, 0.05) is 22.4 Å². The summed E-state index contributed by atoms with van der Waals surface area (Å²) in [5, 5.41) is 5.27. The van der Waals surface area contributed by atoms with Crippen molar-refractivity contribution in [3.63, 3.8) is 0 Å². The van der Waals surface area contributed by atoms with E-state index in [-0.39, 0.29) is 5.41 Å². The maximum absolute atomic E-state index is 2.51. The molecule has 3 aliphatic carbocycles. The lowest BCUT2D eigenvalue weighted by Crippen LogP contribution is -2.18. The van der Waals surface area contributed by atoms with Crippen LogP contribution in [0.4, 0.5) is 17.1 Å². The summed E-state index contributed by atoms with van der Waals surface area (Å²) >= 11 is 0. The van der Waals surface area contributed by atoms with Gasteiger partial charge in [0.25, 0.3) is 0 Å². The van der Waals surface area contributed by atoms with Crippen molar-refractivity contribution in [3.05, 3.63) is 204 Å². The highest BCUT2D eigenvalue weighted by atomic mass is 15.1. The second kappa shape index (κ2) is 15.2. The first-order valence-corrected chi connectivity index (χ1v) is 22.6. The van der Waals surface area contributed by atoms with Crippen LogP contribution in [0.15, 0.2) is 188 Å². The highest BCUT2D eigenvalue weighted by molar-refractivity contribution is 6.04. The van der Waals surface area contributed by atoms with E-state index in [0.717, 1.165) is 17.8 Å². The first-order valence-electron chi connectivity index (χ1n) is 22.6. The molecule has 8 aromatic carbocycles. The van der Waals surface area contributed by atoms with E-state index in [9.17, 15) is 0 Å². The van der Waals surface area contributed by atoms with E-state index >= 15 is 0 Å². The second-order valence-corrected chi connectivity index (χ2v) is 18.3. The number of anilines is 3. The highest BCUT2D eigenvalue weighted by Gasteiger charge is 2.41. The van der Waals surface area contributed by atoms with Crippen LogP contribution < -0.4 is 4.90 Å². The van der Waals surface area contributed by atoms with Gasteiger partial charge in [0.15, 0.2) is 0 Å². The maximum Gasteiger partial charge on any atom is 0.0540 e. The van der Waals surface area contributed by atoms with Gasteiger partial charge in [-0.05, 0) is 139 Å². The molecule has 1 fully saturated rings. The fraction of sp³-hybridized carbons (Fsp3) is 0.200. The molecule has 1 saturated carbocycles. The first kappa shape index (κ1) is 37.6. The van der Waals surface area contributed by atoms with E-state index in [0.29, 0.717) is 11.8 Å². The predicted molar refractivity (Wildman–Crippen MR) is 261 cm³/mol. The molecule has 0 bridgehead atoms. The van der Waals surface area contributed by atoms with Crippen molar-refractivity contribution >= 4 is 44.2 Å². The summed E-state index contributed by atoms with van der Waals surface area (Å²) in [6, 6.07) is 64.0. The van der Waals surface area contributed by atoms with Crippen LogP contribution in [-0.4, -0.2) is 0 Å². The lowest BCUT2D eigenvalue weighted by molar-refractivity contribution is 0.445. The minimum atomic E-state index is -0.0867. The molecule has 298 valence electrons. The van der Waals surface area contributed by atoms with Gasteiger partial charge in [-0.2, -0.15) is 0 Å². The molecule has 0 aromatic heterocycles. The number of hydrogen-bond acceptors (Lipinski definition) is 1. The highest BCUT2D eigenvalue weighted by Crippen LogP contribution is 2.55. The van der Waals surface area contributed by atoms with Gasteiger partial charge in [-0.3, -0.25) is 0 Å². The molecular formula is C60H53N. The van der Waals surface area contributed by atoms with Crippen LogP contribution in [0, 0.1) is 5.92 Å². The summed E-state index contributed by atoms with van der Waals surface area (Å²) in [6.07, 6.45) is 12.4. The van der Waals surface area contributed by atoms with Crippen molar-refractivity contribution in [2.24, 2.45) is 5.92 Å². The molecule has 0 aliphatic heterocycles. The third kappa shape index (κ3) is 6.37. The Balaban J connectivity index is 1.10. The summed E-state index contributed by atoms with van der Waals surface area (Å²) in [5.41, 5.74) is 18.4. The van der Waals surface area contributed by atoms with Gasteiger partial charge in [0.05, 0.1) is 5.69 Å². The Bertz CT molecular complexity index is 3010. The molecule has 8 aromatic rings. The average Bonchev–Trinajstić information content (AvgIpc) is 3.56. The van der Waals surface area contributed by atoms with E-state index in [1.165, 1.54) is 121 Å². The molecular weight excluding hydrogens is 735 g/mol. The van der Waals surface area contributed by atoms with Crippen LogP contribution in [0.25, 0.3) is 60.5 Å². The molecule has 0 radical (unpaired) electrons. The third-order valence-electron chi connectivity index (χ3n) is 14.3. The fourth-order valence-electron chi connectivity index (χ4n) is 11.4. The molecule has 1 unspecified atom stereocenters. The molecule has 0 N–H and O–H groups in total. The summed E-state index contributed by atoms with van der Waals surface area (Å²) in [5.74, 6) is 1.11. The van der Waals surface area contributed by atoms with Crippen LogP contribution in [0.2, 0.25) is 0 Å². The Morgan fingerprint density at radius 1 is 0.525 bits per heavy atom. The Kier molecular flexibility index (Phi) is 9.38. The molecule has 11 rings (SSSR count). The summed E-state index contributed by atoms with van der Waals surface area (Å²) < 4.78 is 0. The van der Waals surface area contributed by atoms with Gasteiger partial charge in [0.2, 0.25) is 0 Å². The number of benzene rings is 8. The second-order valence-electron chi connectivity index (χ2n) is 18.3. The molecule has 0 amide bonds. The van der Waals surface area contributed by atoms with Crippen LogP contribution in [0.1, 0.15) is 81.9 Å². The normalized spacial score (nSPS) is 17.1. The fourth-order valence-corrected chi connectivity index (χ4v) is 11.4. The number of hydrogen-bond donors (Lipinski definition) is 0. The van der Waals surface area contributed by atoms with E-state index in [1.54, 1.807) is 0 Å². The lowest BCUT2D eigenvalue weighted by atomic mass is 9.76. The number of nitrogens with zero attached hydrogens (tertiary/aromatic N) is 1. The molecule has 1 nitrogen and oxygen atoms in total. The van der Waals surface area contributed by atoms with Gasteiger partial charge >= 0.3 is 0 Å². The largest absolute Gasteiger partial charge is 0.310 e. The standard InChI is InChI=1S/C60H53N/c1-40-17-11-33-55-57(40)54-32-16-30-51(59(54)60(55,2)3)45-24-12-25-47(39-45)61(46-37-35-43(36-38-46)49-28-13-21-41-20-7-8-26-48(41)49)56-34-10-9-27-52(56)53-31-15-23-44-22-14-29-50(58(44)53)42-18-5-4-6-19-42/h7-16,20-40,42H,4-6,17-19H2,1-3H3. The molecule has 0 heterocycles. The van der Waals surface area contributed by atoms with Crippen molar-refractivity contribution in [2.45, 2.75) is 70.6 Å². The topological polar surface area (TPSA) is 3.24 Å². The Morgan fingerprint density at radius 3 is 2.03 bits per heavy atom. The number of para-hydroxylation sites is 1. The molecule has 61 heavy (non-hydrogen) atoms. The molecule has 1 heteroatoms. The Morgan fingerprint density at radius 2 is 1.18 bits per heavy atom. The SMILES string of the molecule is CC1CC=CC2=C1c1cccc(-c3cccc(N(c4ccc(-c5cccc6ccccc56)cc4)c4ccccc4-c4cccc5cccc(C6CCCCC6)c45)c3)c1C2(C)C. The Labute approximate surface area is 361 Å². The minimum absolute atomic E-state index is 0.0867. The van der Waals surface area contributed by atoms with Crippen LogP contribution in [0.3, 0.4) is 0 Å². The van der Waals surface area contributed by atoms with Gasteiger partial charge in [-0.1, -0.05) is 192 Å². The van der Waals surface area contributed by atoms with Gasteiger partial charge in [-0.15, -0.1) is 0 Å². The van der Waals surface area contributed by atoms with E-state index in [1.807, 2.05) is 0 Å². The zero-order valence-electron chi connectivity index (χ0n) is 35.7.